The van der Waals surface area contributed by atoms with Crippen LogP contribution in [0, 0.1) is 5.82 Å². The Morgan fingerprint density at radius 2 is 2.33 bits per heavy atom. The fraction of sp³-hybridized carbons (Fsp3) is 0.533. The standard InChI is InChI=1S/C15H22FN3O2/c1-19(9-12-4-2-3-7-21-12)10-15(20)18-14-8-11(16)5-6-13(14)17/h5-6,8,12H,2-4,7,9-10,17H2,1H3,(H,18,20). The van der Waals surface area contributed by atoms with Gasteiger partial charge in [0.2, 0.25) is 5.91 Å². The molecule has 5 nitrogen and oxygen atoms in total. The van der Waals surface area contributed by atoms with Gasteiger partial charge in [-0.15, -0.1) is 0 Å². The second kappa shape index (κ2) is 7.38. The number of nitrogens with zero attached hydrogens (tertiary/aromatic N) is 1. The van der Waals surface area contributed by atoms with Gasteiger partial charge in [-0.05, 0) is 44.5 Å². The van der Waals surface area contributed by atoms with Gasteiger partial charge < -0.3 is 15.8 Å². The number of amides is 1. The summed E-state index contributed by atoms with van der Waals surface area (Å²) in [5, 5.41) is 2.63. The molecule has 21 heavy (non-hydrogen) atoms. The van der Waals surface area contributed by atoms with Crippen molar-refractivity contribution in [2.75, 3.05) is 37.8 Å². The van der Waals surface area contributed by atoms with Crippen molar-refractivity contribution in [3.05, 3.63) is 24.0 Å². The largest absolute Gasteiger partial charge is 0.397 e. The molecule has 116 valence electrons. The highest BCUT2D eigenvalue weighted by molar-refractivity contribution is 5.95. The molecular formula is C15H22FN3O2. The monoisotopic (exact) mass is 295 g/mol. The number of hydrogen-bond acceptors (Lipinski definition) is 4. The fourth-order valence-electron chi connectivity index (χ4n) is 2.44. The molecule has 0 saturated carbocycles. The van der Waals surface area contributed by atoms with E-state index in [0.29, 0.717) is 17.9 Å². The molecule has 1 unspecified atom stereocenters. The second-order valence-electron chi connectivity index (χ2n) is 5.47. The Labute approximate surface area is 124 Å². The molecule has 0 aliphatic carbocycles. The van der Waals surface area contributed by atoms with Crippen LogP contribution in [0.15, 0.2) is 18.2 Å². The first-order valence-corrected chi connectivity index (χ1v) is 7.19. The van der Waals surface area contributed by atoms with Gasteiger partial charge in [-0.2, -0.15) is 0 Å². The van der Waals surface area contributed by atoms with Crippen LogP contribution in [0.5, 0.6) is 0 Å². The molecule has 0 radical (unpaired) electrons. The number of anilines is 2. The zero-order valence-corrected chi connectivity index (χ0v) is 12.3. The van der Waals surface area contributed by atoms with Crippen molar-refractivity contribution in [1.29, 1.82) is 0 Å². The number of hydrogen-bond donors (Lipinski definition) is 2. The maximum Gasteiger partial charge on any atom is 0.238 e. The van der Waals surface area contributed by atoms with Crippen molar-refractivity contribution in [2.45, 2.75) is 25.4 Å². The number of nitrogen functional groups attached to an aromatic ring is 1. The average Bonchev–Trinajstić information content (AvgIpc) is 2.43. The van der Waals surface area contributed by atoms with Crippen LogP contribution < -0.4 is 11.1 Å². The van der Waals surface area contributed by atoms with Gasteiger partial charge in [0, 0.05) is 13.2 Å². The summed E-state index contributed by atoms with van der Waals surface area (Å²) in [6.07, 6.45) is 3.50. The molecule has 1 aliphatic rings. The fourth-order valence-corrected chi connectivity index (χ4v) is 2.44. The third kappa shape index (κ3) is 4.99. The van der Waals surface area contributed by atoms with Crippen LogP contribution in [0.2, 0.25) is 0 Å². The first-order valence-electron chi connectivity index (χ1n) is 7.19. The summed E-state index contributed by atoms with van der Waals surface area (Å²) in [5.74, 6) is -0.644. The Hall–Kier alpha value is -1.66. The van der Waals surface area contributed by atoms with E-state index < -0.39 is 5.82 Å². The maximum atomic E-state index is 13.1. The van der Waals surface area contributed by atoms with Crippen LogP contribution in [0.3, 0.4) is 0 Å². The summed E-state index contributed by atoms with van der Waals surface area (Å²) in [6, 6.07) is 3.92. The lowest BCUT2D eigenvalue weighted by molar-refractivity contribution is -0.117. The predicted molar refractivity (Wildman–Crippen MR) is 80.5 cm³/mol. The van der Waals surface area contributed by atoms with Crippen LogP contribution >= 0.6 is 0 Å². The first kappa shape index (κ1) is 15.7. The normalized spacial score (nSPS) is 18.7. The quantitative estimate of drug-likeness (QED) is 0.814. The molecule has 2 rings (SSSR count). The van der Waals surface area contributed by atoms with E-state index in [1.54, 1.807) is 0 Å². The number of carbonyl (C=O) groups excluding carboxylic acids is 1. The van der Waals surface area contributed by atoms with Gasteiger partial charge in [0.25, 0.3) is 0 Å². The molecule has 1 fully saturated rings. The molecule has 6 heteroatoms. The van der Waals surface area contributed by atoms with Crippen molar-refractivity contribution in [3.8, 4) is 0 Å². The van der Waals surface area contributed by atoms with E-state index in [9.17, 15) is 9.18 Å². The molecule has 0 aromatic heterocycles. The molecule has 0 spiro atoms. The number of nitrogens with one attached hydrogen (secondary N) is 1. The molecule has 1 aromatic rings. The first-order chi connectivity index (χ1) is 10.0. The van der Waals surface area contributed by atoms with E-state index in [1.165, 1.54) is 24.6 Å². The molecular weight excluding hydrogens is 273 g/mol. The summed E-state index contributed by atoms with van der Waals surface area (Å²) in [5.41, 5.74) is 6.36. The van der Waals surface area contributed by atoms with E-state index in [-0.39, 0.29) is 18.6 Å². The number of rotatable bonds is 5. The van der Waals surface area contributed by atoms with Crippen LogP contribution in [0.1, 0.15) is 19.3 Å². The average molecular weight is 295 g/mol. The van der Waals surface area contributed by atoms with Gasteiger partial charge in [-0.3, -0.25) is 9.69 Å². The number of nitrogens with two attached hydrogens (primary N) is 1. The Morgan fingerprint density at radius 3 is 3.05 bits per heavy atom. The summed E-state index contributed by atoms with van der Waals surface area (Å²) in [4.78, 5) is 13.9. The van der Waals surface area contributed by atoms with Gasteiger partial charge in [-0.25, -0.2) is 4.39 Å². The highest BCUT2D eigenvalue weighted by Crippen LogP contribution is 2.19. The van der Waals surface area contributed by atoms with Crippen LogP contribution in [-0.2, 0) is 9.53 Å². The van der Waals surface area contributed by atoms with Crippen molar-refractivity contribution < 1.29 is 13.9 Å². The number of ether oxygens (including phenoxy) is 1. The molecule has 1 heterocycles. The summed E-state index contributed by atoms with van der Waals surface area (Å²) >= 11 is 0. The molecule has 1 amide bonds. The summed E-state index contributed by atoms with van der Waals surface area (Å²) < 4.78 is 18.8. The lowest BCUT2D eigenvalue weighted by Crippen LogP contribution is -2.38. The Kier molecular flexibility index (Phi) is 5.52. The molecule has 1 aliphatic heterocycles. The van der Waals surface area contributed by atoms with Gasteiger partial charge in [0.1, 0.15) is 5.82 Å². The predicted octanol–water partition coefficient (Wildman–Crippen LogP) is 1.85. The Balaban J connectivity index is 1.81. The van der Waals surface area contributed by atoms with Crippen molar-refractivity contribution in [3.63, 3.8) is 0 Å². The van der Waals surface area contributed by atoms with Crippen LogP contribution in [0.4, 0.5) is 15.8 Å². The highest BCUT2D eigenvalue weighted by Gasteiger charge is 2.17. The maximum absolute atomic E-state index is 13.1. The second-order valence-corrected chi connectivity index (χ2v) is 5.47. The summed E-state index contributed by atoms with van der Waals surface area (Å²) in [6.45, 7) is 1.73. The lowest BCUT2D eigenvalue weighted by atomic mass is 10.1. The number of benzene rings is 1. The van der Waals surface area contributed by atoms with E-state index in [4.69, 9.17) is 10.5 Å². The van der Waals surface area contributed by atoms with Crippen molar-refractivity contribution in [2.24, 2.45) is 0 Å². The van der Waals surface area contributed by atoms with E-state index in [0.717, 1.165) is 19.4 Å². The number of likely N-dealkylation sites (N-methyl/N-ethyl adjacent to an activating group) is 1. The third-order valence-corrected chi connectivity index (χ3v) is 3.49. The topological polar surface area (TPSA) is 67.6 Å². The lowest BCUT2D eigenvalue weighted by Gasteiger charge is -2.27. The summed E-state index contributed by atoms with van der Waals surface area (Å²) in [7, 11) is 1.87. The third-order valence-electron chi connectivity index (χ3n) is 3.49. The Morgan fingerprint density at radius 1 is 1.52 bits per heavy atom. The highest BCUT2D eigenvalue weighted by atomic mass is 19.1. The van der Waals surface area contributed by atoms with Crippen molar-refractivity contribution >= 4 is 17.3 Å². The Bertz CT molecular complexity index is 490. The van der Waals surface area contributed by atoms with E-state index >= 15 is 0 Å². The zero-order valence-electron chi connectivity index (χ0n) is 12.3. The minimum Gasteiger partial charge on any atom is -0.397 e. The molecule has 0 bridgehead atoms. The van der Waals surface area contributed by atoms with E-state index in [1.807, 2.05) is 11.9 Å². The van der Waals surface area contributed by atoms with Crippen LogP contribution in [-0.4, -0.2) is 43.7 Å². The van der Waals surface area contributed by atoms with Gasteiger partial charge in [0.15, 0.2) is 0 Å². The molecule has 1 atom stereocenters. The van der Waals surface area contributed by atoms with Crippen LogP contribution in [0.25, 0.3) is 0 Å². The minimum absolute atomic E-state index is 0.191. The van der Waals surface area contributed by atoms with Crippen molar-refractivity contribution in [1.82, 2.24) is 4.90 Å². The smallest absolute Gasteiger partial charge is 0.238 e. The molecule has 1 saturated heterocycles. The number of halogens is 1. The molecule has 3 N–H and O–H groups in total. The van der Waals surface area contributed by atoms with Gasteiger partial charge in [-0.1, -0.05) is 0 Å². The number of carbonyl (C=O) groups is 1. The SMILES string of the molecule is CN(CC(=O)Nc1cc(F)ccc1N)CC1CCCCO1. The van der Waals surface area contributed by atoms with Gasteiger partial charge in [0.05, 0.1) is 24.0 Å². The van der Waals surface area contributed by atoms with E-state index in [2.05, 4.69) is 5.32 Å². The zero-order chi connectivity index (χ0) is 15.2. The van der Waals surface area contributed by atoms with Gasteiger partial charge >= 0.3 is 0 Å². The molecule has 1 aromatic carbocycles. The minimum atomic E-state index is -0.427.